The molecular weight excluding hydrogens is 240 g/mol. The molecule has 94 valence electrons. The van der Waals surface area contributed by atoms with Crippen molar-refractivity contribution in [2.45, 2.75) is 19.1 Å². The van der Waals surface area contributed by atoms with Gasteiger partial charge in [0.05, 0.1) is 11.6 Å². The minimum atomic E-state index is -4.81. The van der Waals surface area contributed by atoms with E-state index >= 15 is 0 Å². The summed E-state index contributed by atoms with van der Waals surface area (Å²) in [5, 5.41) is 2.15. The molecule has 3 N–H and O–H groups in total. The lowest BCUT2D eigenvalue weighted by Gasteiger charge is -2.12. The average Bonchev–Trinajstić information content (AvgIpc) is 2.19. The van der Waals surface area contributed by atoms with Crippen molar-refractivity contribution in [2.75, 3.05) is 5.32 Å². The second kappa shape index (κ2) is 4.70. The van der Waals surface area contributed by atoms with Crippen LogP contribution in [-0.4, -0.2) is 11.9 Å². The predicted octanol–water partition coefficient (Wildman–Crippen LogP) is 2.13. The number of nitrogens with one attached hydrogen (secondary N) is 1. The van der Waals surface area contributed by atoms with Crippen LogP contribution in [0.1, 0.15) is 12.5 Å². The number of alkyl halides is 3. The zero-order chi connectivity index (χ0) is 13.2. The Bertz CT molecular complexity index is 429. The number of carbonyl (C=O) groups excluding carboxylic acids is 1. The lowest BCUT2D eigenvalue weighted by atomic mass is 10.1. The molecule has 1 aromatic carbocycles. The number of carbonyl (C=O) groups is 1. The van der Waals surface area contributed by atoms with Crippen LogP contribution in [-0.2, 0) is 11.0 Å². The van der Waals surface area contributed by atoms with Gasteiger partial charge in [-0.05, 0) is 25.1 Å². The summed E-state index contributed by atoms with van der Waals surface area (Å²) < 4.78 is 49.9. The second-order valence-corrected chi connectivity index (χ2v) is 3.47. The lowest BCUT2D eigenvalue weighted by Crippen LogP contribution is -2.32. The molecule has 1 rings (SSSR count). The van der Waals surface area contributed by atoms with Crippen LogP contribution in [0.5, 0.6) is 0 Å². The van der Waals surface area contributed by atoms with Crippen LogP contribution in [0.4, 0.5) is 23.2 Å². The maximum atomic E-state index is 12.9. The number of nitrogens with two attached hydrogens (primary N) is 1. The molecule has 0 radical (unpaired) electrons. The topological polar surface area (TPSA) is 55.1 Å². The molecule has 1 atom stereocenters. The van der Waals surface area contributed by atoms with Gasteiger partial charge in [0, 0.05) is 5.69 Å². The van der Waals surface area contributed by atoms with Crippen molar-refractivity contribution in [1.82, 2.24) is 0 Å². The van der Waals surface area contributed by atoms with Gasteiger partial charge in [-0.15, -0.1) is 0 Å². The van der Waals surface area contributed by atoms with Gasteiger partial charge in [0.15, 0.2) is 0 Å². The molecule has 17 heavy (non-hydrogen) atoms. The number of halogens is 4. The number of amides is 1. The summed E-state index contributed by atoms with van der Waals surface area (Å²) in [4.78, 5) is 11.1. The van der Waals surface area contributed by atoms with Crippen LogP contribution < -0.4 is 11.1 Å². The Labute approximate surface area is 94.6 Å². The van der Waals surface area contributed by atoms with Crippen molar-refractivity contribution < 1.29 is 22.4 Å². The van der Waals surface area contributed by atoms with Crippen LogP contribution in [0.3, 0.4) is 0 Å². The first-order chi connectivity index (χ1) is 7.71. The monoisotopic (exact) mass is 250 g/mol. The van der Waals surface area contributed by atoms with E-state index < -0.39 is 29.5 Å². The summed E-state index contributed by atoms with van der Waals surface area (Å²) in [6, 6.07) is 1.33. The molecule has 1 amide bonds. The van der Waals surface area contributed by atoms with Crippen molar-refractivity contribution in [3.63, 3.8) is 0 Å². The van der Waals surface area contributed by atoms with E-state index in [2.05, 4.69) is 5.32 Å². The van der Waals surface area contributed by atoms with Gasteiger partial charge in [-0.1, -0.05) is 0 Å². The Morgan fingerprint density at radius 2 is 2.00 bits per heavy atom. The SMILES string of the molecule is C[C@H](N)C(=O)Nc1ccc(F)c(C(F)(F)F)c1. The molecule has 0 saturated heterocycles. The Hall–Kier alpha value is -1.63. The Kier molecular flexibility index (Phi) is 3.72. The summed E-state index contributed by atoms with van der Waals surface area (Å²) in [6.07, 6.45) is -4.81. The van der Waals surface area contributed by atoms with E-state index in [-0.39, 0.29) is 5.69 Å². The van der Waals surface area contributed by atoms with Gasteiger partial charge in [-0.25, -0.2) is 4.39 Å². The first-order valence-electron chi connectivity index (χ1n) is 4.65. The smallest absolute Gasteiger partial charge is 0.325 e. The fourth-order valence-electron chi connectivity index (χ4n) is 1.08. The van der Waals surface area contributed by atoms with E-state index in [0.717, 1.165) is 6.07 Å². The third-order valence-corrected chi connectivity index (χ3v) is 1.95. The summed E-state index contributed by atoms with van der Waals surface area (Å²) in [5.41, 5.74) is 3.65. The predicted molar refractivity (Wildman–Crippen MR) is 53.7 cm³/mol. The van der Waals surface area contributed by atoms with Gasteiger partial charge in [-0.3, -0.25) is 4.79 Å². The van der Waals surface area contributed by atoms with E-state index in [1.807, 2.05) is 0 Å². The summed E-state index contributed by atoms with van der Waals surface area (Å²) in [6.45, 7) is 1.38. The first-order valence-corrected chi connectivity index (χ1v) is 4.65. The van der Waals surface area contributed by atoms with Gasteiger partial charge >= 0.3 is 6.18 Å². The maximum absolute atomic E-state index is 12.9. The molecule has 0 heterocycles. The van der Waals surface area contributed by atoms with Gasteiger partial charge in [0.25, 0.3) is 0 Å². The van der Waals surface area contributed by atoms with E-state index in [9.17, 15) is 22.4 Å². The number of anilines is 1. The van der Waals surface area contributed by atoms with E-state index in [1.54, 1.807) is 0 Å². The zero-order valence-electron chi connectivity index (χ0n) is 8.81. The van der Waals surface area contributed by atoms with Crippen LogP contribution >= 0.6 is 0 Å². The molecule has 0 fully saturated rings. The van der Waals surface area contributed by atoms with Crippen molar-refractivity contribution >= 4 is 11.6 Å². The quantitative estimate of drug-likeness (QED) is 0.790. The molecule has 0 aliphatic carbocycles. The van der Waals surface area contributed by atoms with E-state index in [0.29, 0.717) is 12.1 Å². The lowest BCUT2D eigenvalue weighted by molar-refractivity contribution is -0.140. The maximum Gasteiger partial charge on any atom is 0.419 e. The minimum Gasteiger partial charge on any atom is -0.325 e. The fraction of sp³-hybridized carbons (Fsp3) is 0.300. The molecule has 0 saturated carbocycles. The van der Waals surface area contributed by atoms with Crippen LogP contribution in [0.2, 0.25) is 0 Å². The molecule has 0 aliphatic rings. The van der Waals surface area contributed by atoms with Gasteiger partial charge in [0.1, 0.15) is 5.82 Å². The van der Waals surface area contributed by atoms with Crippen molar-refractivity contribution in [2.24, 2.45) is 5.73 Å². The average molecular weight is 250 g/mol. The summed E-state index contributed by atoms with van der Waals surface area (Å²) >= 11 is 0. The third-order valence-electron chi connectivity index (χ3n) is 1.95. The number of rotatable bonds is 2. The second-order valence-electron chi connectivity index (χ2n) is 3.47. The Balaban J connectivity index is 3.01. The van der Waals surface area contributed by atoms with Crippen LogP contribution in [0.25, 0.3) is 0 Å². The van der Waals surface area contributed by atoms with Gasteiger partial charge in [0.2, 0.25) is 5.91 Å². The molecule has 0 aliphatic heterocycles. The Morgan fingerprint density at radius 1 is 1.41 bits per heavy atom. The standard InChI is InChI=1S/C10H10F4N2O/c1-5(15)9(17)16-6-2-3-8(11)7(4-6)10(12,13)14/h2-5H,15H2,1H3,(H,16,17)/t5-/m0/s1. The summed E-state index contributed by atoms with van der Waals surface area (Å²) in [7, 11) is 0. The molecule has 0 unspecified atom stereocenters. The van der Waals surface area contributed by atoms with Crippen molar-refractivity contribution in [3.05, 3.63) is 29.6 Å². The van der Waals surface area contributed by atoms with Crippen molar-refractivity contribution in [3.8, 4) is 0 Å². The van der Waals surface area contributed by atoms with E-state index in [4.69, 9.17) is 5.73 Å². The fourth-order valence-corrected chi connectivity index (χ4v) is 1.08. The van der Waals surface area contributed by atoms with Crippen LogP contribution in [0, 0.1) is 5.82 Å². The number of benzene rings is 1. The molecule has 0 spiro atoms. The highest BCUT2D eigenvalue weighted by molar-refractivity contribution is 5.94. The molecule has 7 heteroatoms. The number of hydrogen-bond acceptors (Lipinski definition) is 2. The Morgan fingerprint density at radius 3 is 2.47 bits per heavy atom. The van der Waals surface area contributed by atoms with Gasteiger partial charge < -0.3 is 11.1 Å². The molecular formula is C10H10F4N2O. The van der Waals surface area contributed by atoms with Gasteiger partial charge in [-0.2, -0.15) is 13.2 Å². The molecule has 1 aromatic rings. The highest BCUT2D eigenvalue weighted by Crippen LogP contribution is 2.32. The zero-order valence-corrected chi connectivity index (χ0v) is 8.81. The first kappa shape index (κ1) is 13.4. The minimum absolute atomic E-state index is 0.152. The van der Waals surface area contributed by atoms with Crippen LogP contribution in [0.15, 0.2) is 18.2 Å². The molecule has 0 bridgehead atoms. The molecule has 0 aromatic heterocycles. The highest BCUT2D eigenvalue weighted by atomic mass is 19.4. The third kappa shape index (κ3) is 3.42. The largest absolute Gasteiger partial charge is 0.419 e. The molecule has 3 nitrogen and oxygen atoms in total. The summed E-state index contributed by atoms with van der Waals surface area (Å²) in [5.74, 6) is -2.04. The number of hydrogen-bond donors (Lipinski definition) is 2. The highest BCUT2D eigenvalue weighted by Gasteiger charge is 2.34. The van der Waals surface area contributed by atoms with E-state index in [1.165, 1.54) is 6.92 Å². The van der Waals surface area contributed by atoms with Crippen molar-refractivity contribution in [1.29, 1.82) is 0 Å². The normalized spacial score (nSPS) is 13.3.